The first-order chi connectivity index (χ1) is 11.7. The van der Waals surface area contributed by atoms with Gasteiger partial charge in [0, 0.05) is 16.8 Å². The molecule has 7 heteroatoms. The minimum Gasteiger partial charge on any atom is -0.492 e. The Morgan fingerprint density at radius 2 is 1.96 bits per heavy atom. The number of anilines is 1. The first-order valence-electron chi connectivity index (χ1n) is 7.53. The molecular weight excluding hydrogens is 332 g/mol. The van der Waals surface area contributed by atoms with Gasteiger partial charge in [0.15, 0.2) is 11.5 Å². The number of nitrogens with one attached hydrogen (secondary N) is 2. The van der Waals surface area contributed by atoms with Gasteiger partial charge in [0.2, 0.25) is 0 Å². The van der Waals surface area contributed by atoms with E-state index < -0.39 is 0 Å². The van der Waals surface area contributed by atoms with E-state index in [0.29, 0.717) is 54.3 Å². The van der Waals surface area contributed by atoms with Crippen LogP contribution in [0.2, 0.25) is 5.02 Å². The van der Waals surface area contributed by atoms with Crippen LogP contribution < -0.4 is 24.8 Å². The second kappa shape index (κ2) is 7.79. The molecule has 24 heavy (non-hydrogen) atoms. The Kier molecular flexibility index (Phi) is 5.28. The second-order valence-electron chi connectivity index (χ2n) is 5.05. The third kappa shape index (κ3) is 4.45. The number of benzene rings is 2. The molecule has 0 fully saturated rings. The minimum atomic E-state index is -0.318. The monoisotopic (exact) mass is 348 g/mol. The van der Waals surface area contributed by atoms with E-state index in [-0.39, 0.29) is 6.03 Å². The van der Waals surface area contributed by atoms with Crippen LogP contribution in [-0.4, -0.2) is 32.4 Å². The number of carbonyl (C=O) groups is 1. The molecule has 6 nitrogen and oxygen atoms in total. The van der Waals surface area contributed by atoms with Crippen molar-refractivity contribution in [3.8, 4) is 17.2 Å². The summed E-state index contributed by atoms with van der Waals surface area (Å²) >= 11 is 5.87. The van der Waals surface area contributed by atoms with E-state index in [1.54, 1.807) is 42.5 Å². The summed E-state index contributed by atoms with van der Waals surface area (Å²) in [6.45, 7) is 1.74. The topological polar surface area (TPSA) is 68.8 Å². The number of urea groups is 1. The molecular formula is C17H17ClN2O4. The lowest BCUT2D eigenvalue weighted by atomic mass is 10.2. The summed E-state index contributed by atoms with van der Waals surface area (Å²) in [5, 5.41) is 6.06. The van der Waals surface area contributed by atoms with E-state index >= 15 is 0 Å². The normalized spacial score (nSPS) is 12.4. The molecule has 3 rings (SSSR count). The lowest BCUT2D eigenvalue weighted by molar-refractivity contribution is 0.171. The van der Waals surface area contributed by atoms with Gasteiger partial charge in [-0.05, 0) is 30.3 Å². The minimum absolute atomic E-state index is 0.318. The van der Waals surface area contributed by atoms with Crippen molar-refractivity contribution in [1.29, 1.82) is 0 Å². The van der Waals surface area contributed by atoms with Gasteiger partial charge in [0.1, 0.15) is 25.6 Å². The molecule has 0 saturated carbocycles. The van der Waals surface area contributed by atoms with Gasteiger partial charge >= 0.3 is 6.03 Å². The molecule has 1 aliphatic rings. The summed E-state index contributed by atoms with van der Waals surface area (Å²) < 4.78 is 16.4. The first-order valence-corrected chi connectivity index (χ1v) is 7.91. The third-order valence-corrected chi connectivity index (χ3v) is 3.49. The average Bonchev–Trinajstić information content (AvgIpc) is 2.59. The van der Waals surface area contributed by atoms with Crippen LogP contribution in [0.1, 0.15) is 0 Å². The fourth-order valence-corrected chi connectivity index (χ4v) is 2.37. The van der Waals surface area contributed by atoms with Gasteiger partial charge < -0.3 is 24.8 Å². The number of fused-ring (bicyclic) bond motifs is 1. The van der Waals surface area contributed by atoms with E-state index in [1.807, 2.05) is 0 Å². The molecule has 0 bridgehead atoms. The van der Waals surface area contributed by atoms with Crippen LogP contribution in [0.4, 0.5) is 10.5 Å². The summed E-state index contributed by atoms with van der Waals surface area (Å²) in [6, 6.07) is 12.0. The maximum atomic E-state index is 11.9. The number of rotatable bonds is 5. The zero-order valence-electron chi connectivity index (χ0n) is 12.9. The van der Waals surface area contributed by atoms with Crippen molar-refractivity contribution in [1.82, 2.24) is 5.32 Å². The zero-order valence-corrected chi connectivity index (χ0v) is 13.6. The van der Waals surface area contributed by atoms with Gasteiger partial charge in [-0.15, -0.1) is 0 Å². The Bertz CT molecular complexity index is 723. The molecule has 0 spiro atoms. The van der Waals surface area contributed by atoms with Crippen molar-refractivity contribution < 1.29 is 19.0 Å². The summed E-state index contributed by atoms with van der Waals surface area (Å²) in [5.74, 6) is 1.97. The molecule has 0 atom stereocenters. The van der Waals surface area contributed by atoms with Gasteiger partial charge in [-0.2, -0.15) is 0 Å². The van der Waals surface area contributed by atoms with Crippen molar-refractivity contribution in [3.63, 3.8) is 0 Å². The highest BCUT2D eigenvalue weighted by Crippen LogP contribution is 2.32. The van der Waals surface area contributed by atoms with Crippen LogP contribution in [0, 0.1) is 0 Å². The van der Waals surface area contributed by atoms with E-state index in [0.717, 1.165) is 0 Å². The number of ether oxygens (including phenoxy) is 3. The first kappa shape index (κ1) is 16.3. The lowest BCUT2D eigenvalue weighted by Gasteiger charge is -2.19. The third-order valence-electron chi connectivity index (χ3n) is 3.25. The fraction of sp³-hybridized carbons (Fsp3) is 0.235. The molecule has 0 saturated heterocycles. The van der Waals surface area contributed by atoms with Gasteiger partial charge in [-0.1, -0.05) is 17.7 Å². The summed E-state index contributed by atoms with van der Waals surface area (Å²) in [6.07, 6.45) is 0. The summed E-state index contributed by atoms with van der Waals surface area (Å²) in [5.41, 5.74) is 0.632. The van der Waals surface area contributed by atoms with Crippen molar-refractivity contribution in [2.45, 2.75) is 0 Å². The smallest absolute Gasteiger partial charge is 0.319 e. The van der Waals surface area contributed by atoms with Crippen LogP contribution in [0.25, 0.3) is 0 Å². The Labute approximate surface area is 144 Å². The molecule has 0 unspecified atom stereocenters. The highest BCUT2D eigenvalue weighted by molar-refractivity contribution is 6.30. The predicted octanol–water partition coefficient (Wildman–Crippen LogP) is 3.31. The number of halogens is 1. The molecule has 0 aromatic heterocycles. The Balaban J connectivity index is 1.42. The quantitative estimate of drug-likeness (QED) is 0.813. The Hall–Kier alpha value is -2.60. The van der Waals surface area contributed by atoms with Crippen LogP contribution in [0.5, 0.6) is 17.2 Å². The van der Waals surface area contributed by atoms with Gasteiger partial charge in [0.25, 0.3) is 0 Å². The number of carbonyl (C=O) groups excluding carboxylic acids is 1. The van der Waals surface area contributed by atoms with Gasteiger partial charge in [-0.25, -0.2) is 4.79 Å². The average molecular weight is 349 g/mol. The SMILES string of the molecule is O=C(NCCOc1cccc(Cl)c1)Nc1ccc2c(c1)OCCO2. The number of hydrogen-bond acceptors (Lipinski definition) is 4. The molecule has 2 N–H and O–H groups in total. The molecule has 0 radical (unpaired) electrons. The fourth-order valence-electron chi connectivity index (χ4n) is 2.19. The largest absolute Gasteiger partial charge is 0.492 e. The van der Waals surface area contributed by atoms with Crippen molar-refractivity contribution >= 4 is 23.3 Å². The van der Waals surface area contributed by atoms with Crippen molar-refractivity contribution in [2.75, 3.05) is 31.7 Å². The van der Waals surface area contributed by atoms with Crippen LogP contribution in [0.15, 0.2) is 42.5 Å². The molecule has 0 aliphatic carbocycles. The van der Waals surface area contributed by atoms with Crippen LogP contribution >= 0.6 is 11.6 Å². The van der Waals surface area contributed by atoms with Gasteiger partial charge in [-0.3, -0.25) is 0 Å². The number of hydrogen-bond donors (Lipinski definition) is 2. The van der Waals surface area contributed by atoms with E-state index in [4.69, 9.17) is 25.8 Å². The predicted molar refractivity (Wildman–Crippen MR) is 91.4 cm³/mol. The maximum absolute atomic E-state index is 11.9. The highest BCUT2D eigenvalue weighted by atomic mass is 35.5. The molecule has 1 aliphatic heterocycles. The molecule has 2 aromatic rings. The van der Waals surface area contributed by atoms with E-state index in [1.165, 1.54) is 0 Å². The molecule has 1 heterocycles. The van der Waals surface area contributed by atoms with Crippen molar-refractivity contribution in [3.05, 3.63) is 47.5 Å². The van der Waals surface area contributed by atoms with Crippen LogP contribution in [0.3, 0.4) is 0 Å². The highest BCUT2D eigenvalue weighted by Gasteiger charge is 2.12. The molecule has 2 amide bonds. The van der Waals surface area contributed by atoms with Crippen LogP contribution in [-0.2, 0) is 0 Å². The maximum Gasteiger partial charge on any atom is 0.319 e. The van der Waals surface area contributed by atoms with Crippen molar-refractivity contribution in [2.24, 2.45) is 0 Å². The Morgan fingerprint density at radius 3 is 2.79 bits per heavy atom. The zero-order chi connectivity index (χ0) is 16.8. The van der Waals surface area contributed by atoms with E-state index in [9.17, 15) is 4.79 Å². The Morgan fingerprint density at radius 1 is 1.12 bits per heavy atom. The molecule has 126 valence electrons. The standard InChI is InChI=1S/C17H17ClN2O4/c18-12-2-1-3-14(10-12)22-7-6-19-17(21)20-13-4-5-15-16(11-13)24-9-8-23-15/h1-5,10-11H,6-9H2,(H2,19,20,21). The summed E-state index contributed by atoms with van der Waals surface area (Å²) in [4.78, 5) is 11.9. The molecule has 2 aromatic carbocycles. The van der Waals surface area contributed by atoms with E-state index in [2.05, 4.69) is 10.6 Å². The second-order valence-corrected chi connectivity index (χ2v) is 5.48. The lowest BCUT2D eigenvalue weighted by Crippen LogP contribution is -2.32. The number of amides is 2. The van der Waals surface area contributed by atoms with Gasteiger partial charge in [0.05, 0.1) is 6.54 Å². The summed E-state index contributed by atoms with van der Waals surface area (Å²) in [7, 11) is 0.